The third kappa shape index (κ3) is 1.86. The Morgan fingerprint density at radius 1 is 1.25 bits per heavy atom. The summed E-state index contributed by atoms with van der Waals surface area (Å²) < 4.78 is 2.92. The van der Waals surface area contributed by atoms with Crippen LogP contribution in [0.5, 0.6) is 0 Å². The maximum atomic E-state index is 6.12. The Hall–Kier alpha value is -0.230. The van der Waals surface area contributed by atoms with Crippen molar-refractivity contribution >= 4 is 76.2 Å². The summed E-state index contributed by atoms with van der Waals surface area (Å²) in [4.78, 5) is 0. The fraction of sp³-hybridized carbons (Fsp3) is 0. The second-order valence-corrected chi connectivity index (χ2v) is 5.37. The lowest BCUT2D eigenvalue weighted by atomic mass is 10.2. The lowest BCUT2D eigenvalue weighted by Crippen LogP contribution is -1.80. The number of hydrogen-bond acceptors (Lipinski definition) is 3. The van der Waals surface area contributed by atoms with Crippen molar-refractivity contribution in [3.8, 4) is 0 Å². The van der Waals surface area contributed by atoms with Crippen LogP contribution < -0.4 is 0 Å². The van der Waals surface area contributed by atoms with Crippen molar-refractivity contribution in [1.82, 2.24) is 10.2 Å². The molecule has 82 valence electrons. The molecule has 3 rings (SSSR count). The molecule has 2 aromatic heterocycles. The molecule has 0 atom stereocenters. The second kappa shape index (κ2) is 4.56. The minimum Gasteiger partial charge on any atom is -0.148 e. The molecule has 0 unspecified atom stereocenters. The summed E-state index contributed by atoms with van der Waals surface area (Å²) in [6.45, 7) is 0. The molecular formula is C10H5Br2ClN2S. The molecule has 0 aliphatic heterocycles. The SMILES string of the molecule is Br.Clc1cccc2c1sc1cc(Br)nnc12. The number of thiophene rings is 1. The van der Waals surface area contributed by atoms with Crippen LogP contribution in [0.15, 0.2) is 28.9 Å². The topological polar surface area (TPSA) is 25.8 Å². The van der Waals surface area contributed by atoms with Gasteiger partial charge in [-0.15, -0.1) is 38.5 Å². The number of nitrogens with zero attached hydrogens (tertiary/aromatic N) is 2. The molecule has 0 amide bonds. The van der Waals surface area contributed by atoms with Gasteiger partial charge in [0.1, 0.15) is 10.1 Å². The molecule has 2 heterocycles. The molecule has 0 bridgehead atoms. The summed E-state index contributed by atoms with van der Waals surface area (Å²) in [7, 11) is 0. The minimum absolute atomic E-state index is 0. The fourth-order valence-corrected chi connectivity index (χ4v) is 3.35. The van der Waals surface area contributed by atoms with Gasteiger partial charge in [0.25, 0.3) is 0 Å². The van der Waals surface area contributed by atoms with Crippen molar-refractivity contribution in [2.24, 2.45) is 0 Å². The first-order valence-electron chi connectivity index (χ1n) is 4.25. The molecule has 0 radical (unpaired) electrons. The molecule has 0 fully saturated rings. The molecule has 0 saturated heterocycles. The monoisotopic (exact) mass is 378 g/mol. The van der Waals surface area contributed by atoms with Crippen LogP contribution in [-0.4, -0.2) is 10.2 Å². The highest BCUT2D eigenvalue weighted by atomic mass is 79.9. The lowest BCUT2D eigenvalue weighted by molar-refractivity contribution is 1.05. The van der Waals surface area contributed by atoms with Crippen LogP contribution in [-0.2, 0) is 0 Å². The molecule has 0 spiro atoms. The average molecular weight is 380 g/mol. The number of aromatic nitrogens is 2. The summed E-state index contributed by atoms with van der Waals surface area (Å²) in [6.07, 6.45) is 0. The van der Waals surface area contributed by atoms with Gasteiger partial charge in [-0.2, -0.15) is 0 Å². The largest absolute Gasteiger partial charge is 0.148 e. The first-order valence-corrected chi connectivity index (χ1v) is 6.24. The van der Waals surface area contributed by atoms with Gasteiger partial charge in [0, 0.05) is 5.39 Å². The van der Waals surface area contributed by atoms with Gasteiger partial charge < -0.3 is 0 Å². The van der Waals surface area contributed by atoms with Crippen LogP contribution in [0.25, 0.3) is 20.3 Å². The number of benzene rings is 1. The van der Waals surface area contributed by atoms with E-state index in [2.05, 4.69) is 26.1 Å². The van der Waals surface area contributed by atoms with Gasteiger partial charge in [-0.1, -0.05) is 23.7 Å². The van der Waals surface area contributed by atoms with Gasteiger partial charge in [0.2, 0.25) is 0 Å². The van der Waals surface area contributed by atoms with Crippen molar-refractivity contribution in [2.45, 2.75) is 0 Å². The Morgan fingerprint density at radius 2 is 2.06 bits per heavy atom. The Labute approximate surface area is 120 Å². The lowest BCUT2D eigenvalue weighted by Gasteiger charge is -1.91. The van der Waals surface area contributed by atoms with E-state index >= 15 is 0 Å². The quantitative estimate of drug-likeness (QED) is 0.558. The first-order chi connectivity index (χ1) is 7.25. The van der Waals surface area contributed by atoms with E-state index in [1.165, 1.54) is 0 Å². The van der Waals surface area contributed by atoms with E-state index in [-0.39, 0.29) is 17.0 Å². The standard InChI is InChI=1S/C10H4BrClN2S.BrH/c11-8-4-7-9(14-13-8)5-2-1-3-6(12)10(5)15-7;/h1-4H;1H. The molecule has 0 saturated carbocycles. The number of fused-ring (bicyclic) bond motifs is 3. The maximum Gasteiger partial charge on any atom is 0.130 e. The van der Waals surface area contributed by atoms with Crippen molar-refractivity contribution < 1.29 is 0 Å². The van der Waals surface area contributed by atoms with Gasteiger partial charge >= 0.3 is 0 Å². The third-order valence-electron chi connectivity index (χ3n) is 2.16. The molecule has 16 heavy (non-hydrogen) atoms. The van der Waals surface area contributed by atoms with Crippen LogP contribution in [0.1, 0.15) is 0 Å². The Kier molecular flexibility index (Phi) is 3.49. The molecule has 2 nitrogen and oxygen atoms in total. The molecule has 1 aromatic carbocycles. The van der Waals surface area contributed by atoms with E-state index in [1.807, 2.05) is 24.3 Å². The Bertz CT molecular complexity index is 668. The van der Waals surface area contributed by atoms with E-state index in [0.717, 1.165) is 29.9 Å². The van der Waals surface area contributed by atoms with E-state index in [0.29, 0.717) is 0 Å². The predicted molar refractivity (Wildman–Crippen MR) is 78.0 cm³/mol. The highest BCUT2D eigenvalue weighted by Gasteiger charge is 2.09. The molecular weight excluding hydrogens is 375 g/mol. The Balaban J connectivity index is 0.000000963. The van der Waals surface area contributed by atoms with Crippen LogP contribution in [0.3, 0.4) is 0 Å². The zero-order valence-electron chi connectivity index (χ0n) is 7.78. The van der Waals surface area contributed by atoms with Crippen molar-refractivity contribution in [3.05, 3.63) is 33.9 Å². The van der Waals surface area contributed by atoms with Crippen LogP contribution in [0.2, 0.25) is 5.02 Å². The second-order valence-electron chi connectivity index (χ2n) is 3.10. The third-order valence-corrected chi connectivity index (χ3v) is 4.15. The average Bonchev–Trinajstić information content (AvgIpc) is 2.57. The summed E-state index contributed by atoms with van der Waals surface area (Å²) in [5, 5.41) is 10.00. The summed E-state index contributed by atoms with van der Waals surface area (Å²) in [5.74, 6) is 0. The van der Waals surface area contributed by atoms with Crippen LogP contribution in [0.4, 0.5) is 0 Å². The smallest absolute Gasteiger partial charge is 0.130 e. The van der Waals surface area contributed by atoms with Gasteiger partial charge in [-0.05, 0) is 28.1 Å². The molecule has 0 aliphatic rings. The van der Waals surface area contributed by atoms with E-state index in [1.54, 1.807) is 11.3 Å². The molecule has 0 N–H and O–H groups in total. The van der Waals surface area contributed by atoms with Gasteiger partial charge in [-0.25, -0.2) is 0 Å². The molecule has 6 heteroatoms. The van der Waals surface area contributed by atoms with Crippen molar-refractivity contribution in [2.75, 3.05) is 0 Å². The zero-order chi connectivity index (χ0) is 10.4. The minimum atomic E-state index is 0. The van der Waals surface area contributed by atoms with E-state index in [4.69, 9.17) is 11.6 Å². The highest BCUT2D eigenvalue weighted by molar-refractivity contribution is 9.10. The van der Waals surface area contributed by atoms with Crippen molar-refractivity contribution in [1.29, 1.82) is 0 Å². The van der Waals surface area contributed by atoms with Gasteiger partial charge in [0.05, 0.1) is 14.4 Å². The first kappa shape index (κ1) is 12.2. The summed E-state index contributed by atoms with van der Waals surface area (Å²) in [5.41, 5.74) is 0.917. The van der Waals surface area contributed by atoms with Gasteiger partial charge in [0.15, 0.2) is 0 Å². The Morgan fingerprint density at radius 3 is 2.88 bits per heavy atom. The molecule has 0 aliphatic carbocycles. The summed E-state index contributed by atoms with van der Waals surface area (Å²) in [6, 6.07) is 7.80. The fourth-order valence-electron chi connectivity index (χ4n) is 1.53. The number of halogens is 3. The summed E-state index contributed by atoms with van der Waals surface area (Å²) >= 11 is 11.1. The van der Waals surface area contributed by atoms with Crippen molar-refractivity contribution in [3.63, 3.8) is 0 Å². The number of hydrogen-bond donors (Lipinski definition) is 0. The molecule has 3 aromatic rings. The van der Waals surface area contributed by atoms with Gasteiger partial charge in [-0.3, -0.25) is 0 Å². The van der Waals surface area contributed by atoms with Crippen LogP contribution >= 0.6 is 55.8 Å². The zero-order valence-corrected chi connectivity index (χ0v) is 12.6. The normalized spacial score (nSPS) is 10.6. The van der Waals surface area contributed by atoms with E-state index < -0.39 is 0 Å². The van der Waals surface area contributed by atoms with E-state index in [9.17, 15) is 0 Å². The predicted octanol–water partition coefficient (Wildman–Crippen LogP) is 4.84. The van der Waals surface area contributed by atoms with Crippen LogP contribution in [0, 0.1) is 0 Å². The maximum absolute atomic E-state index is 6.12. The highest BCUT2D eigenvalue weighted by Crippen LogP contribution is 2.36. The number of rotatable bonds is 0.